The van der Waals surface area contributed by atoms with E-state index in [0.717, 1.165) is 5.75 Å². The van der Waals surface area contributed by atoms with Crippen LogP contribution in [0.4, 0.5) is 0 Å². The average Bonchev–Trinajstić information content (AvgIpc) is 2.34. The third-order valence-corrected chi connectivity index (χ3v) is 3.48. The van der Waals surface area contributed by atoms with Crippen LogP contribution < -0.4 is 10.1 Å². The molecule has 0 aliphatic heterocycles. The van der Waals surface area contributed by atoms with Crippen LogP contribution in [-0.4, -0.2) is 29.9 Å². The van der Waals surface area contributed by atoms with Gasteiger partial charge in [0, 0.05) is 6.04 Å². The van der Waals surface area contributed by atoms with Crippen LogP contribution in [0.1, 0.15) is 52.7 Å². The average molecular weight is 293 g/mol. The van der Waals surface area contributed by atoms with E-state index < -0.39 is 5.54 Å². The minimum absolute atomic E-state index is 0.0319. The molecule has 3 nitrogen and oxygen atoms in total. The summed E-state index contributed by atoms with van der Waals surface area (Å²) < 4.78 is 6.08. The van der Waals surface area contributed by atoms with Crippen LogP contribution in [0.15, 0.2) is 18.2 Å². The van der Waals surface area contributed by atoms with E-state index in [-0.39, 0.29) is 12.0 Å². The van der Waals surface area contributed by atoms with E-state index in [2.05, 4.69) is 65.1 Å². The Kier molecular flexibility index (Phi) is 5.83. The number of rotatable bonds is 6. The molecule has 0 radical (unpaired) electrons. The highest BCUT2D eigenvalue weighted by molar-refractivity contribution is 5.41. The van der Waals surface area contributed by atoms with Crippen LogP contribution in [-0.2, 0) is 5.41 Å². The molecule has 1 atom stereocenters. The maximum Gasteiger partial charge on any atom is 0.123 e. The normalized spacial score (nSPS) is 15.1. The molecule has 1 rings (SSSR count). The van der Waals surface area contributed by atoms with Crippen molar-refractivity contribution in [3.05, 3.63) is 29.3 Å². The Hall–Kier alpha value is -1.06. The van der Waals surface area contributed by atoms with Gasteiger partial charge < -0.3 is 15.2 Å². The Balaban J connectivity index is 2.94. The van der Waals surface area contributed by atoms with E-state index in [9.17, 15) is 5.11 Å². The smallest absolute Gasteiger partial charge is 0.123 e. The van der Waals surface area contributed by atoms with Crippen molar-refractivity contribution in [3.8, 4) is 5.75 Å². The largest absolute Gasteiger partial charge is 0.491 e. The number of aliphatic hydroxyl groups excluding tert-OH is 1. The first-order chi connectivity index (χ1) is 9.57. The molecule has 2 N–H and O–H groups in total. The molecule has 0 saturated heterocycles. The number of aryl methyl sites for hydroxylation is 1. The van der Waals surface area contributed by atoms with Gasteiger partial charge in [0.2, 0.25) is 0 Å². The summed E-state index contributed by atoms with van der Waals surface area (Å²) in [6, 6.07) is 6.63. The van der Waals surface area contributed by atoms with Crippen molar-refractivity contribution in [2.45, 2.75) is 65.5 Å². The quantitative estimate of drug-likeness (QED) is 0.844. The first-order valence-electron chi connectivity index (χ1n) is 7.70. The van der Waals surface area contributed by atoms with Crippen LogP contribution in [0, 0.1) is 6.92 Å². The number of aliphatic hydroxyl groups is 1. The van der Waals surface area contributed by atoms with Crippen molar-refractivity contribution in [1.82, 2.24) is 5.32 Å². The lowest BCUT2D eigenvalue weighted by atomic mass is 9.86. The van der Waals surface area contributed by atoms with Crippen LogP contribution >= 0.6 is 0 Å². The molecule has 1 aromatic rings. The Labute approximate surface area is 129 Å². The fourth-order valence-corrected chi connectivity index (χ4v) is 2.44. The van der Waals surface area contributed by atoms with Gasteiger partial charge in [-0.1, -0.05) is 46.8 Å². The van der Waals surface area contributed by atoms with Crippen LogP contribution in [0.2, 0.25) is 0 Å². The zero-order chi connectivity index (χ0) is 16.3. The van der Waals surface area contributed by atoms with E-state index in [4.69, 9.17) is 4.74 Å². The second-order valence-corrected chi connectivity index (χ2v) is 7.56. The summed E-state index contributed by atoms with van der Waals surface area (Å²) in [7, 11) is 0. The number of benzene rings is 1. The van der Waals surface area contributed by atoms with Crippen LogP contribution in [0.25, 0.3) is 0 Å². The second kappa shape index (κ2) is 6.80. The Bertz CT molecular complexity index is 463. The fraction of sp³-hybridized carbons (Fsp3) is 0.667. The molecule has 0 bridgehead atoms. The van der Waals surface area contributed by atoms with Crippen molar-refractivity contribution in [2.24, 2.45) is 0 Å². The zero-order valence-corrected chi connectivity index (χ0v) is 14.6. The summed E-state index contributed by atoms with van der Waals surface area (Å²) in [5.74, 6) is 0.910. The minimum atomic E-state index is -0.437. The molecule has 0 fully saturated rings. The molecule has 21 heavy (non-hydrogen) atoms. The molecular formula is C18H31NO2. The van der Waals surface area contributed by atoms with Crippen molar-refractivity contribution < 1.29 is 9.84 Å². The van der Waals surface area contributed by atoms with Crippen molar-refractivity contribution in [2.75, 3.05) is 13.2 Å². The monoisotopic (exact) mass is 293 g/mol. The molecule has 120 valence electrons. The van der Waals surface area contributed by atoms with E-state index in [1.165, 1.54) is 11.1 Å². The first kappa shape index (κ1) is 18.0. The molecule has 0 aliphatic carbocycles. The minimum Gasteiger partial charge on any atom is -0.491 e. The van der Waals surface area contributed by atoms with Gasteiger partial charge in [-0.2, -0.15) is 0 Å². The molecule has 0 saturated carbocycles. The van der Waals surface area contributed by atoms with Crippen molar-refractivity contribution in [3.63, 3.8) is 0 Å². The fourth-order valence-electron chi connectivity index (χ4n) is 2.44. The Morgan fingerprint density at radius 3 is 2.29 bits per heavy atom. The van der Waals surface area contributed by atoms with Crippen LogP contribution in [0.5, 0.6) is 5.75 Å². The molecule has 0 aliphatic rings. The maximum atomic E-state index is 9.65. The van der Waals surface area contributed by atoms with Crippen molar-refractivity contribution in [1.29, 1.82) is 0 Å². The lowest BCUT2D eigenvalue weighted by Crippen LogP contribution is -2.53. The van der Waals surface area contributed by atoms with E-state index in [1.807, 2.05) is 6.92 Å². The van der Waals surface area contributed by atoms with Gasteiger partial charge in [0.15, 0.2) is 0 Å². The summed E-state index contributed by atoms with van der Waals surface area (Å²) in [6.07, 6.45) is 0. The van der Waals surface area contributed by atoms with Gasteiger partial charge in [-0.05, 0) is 36.5 Å². The Morgan fingerprint density at radius 2 is 1.81 bits per heavy atom. The zero-order valence-electron chi connectivity index (χ0n) is 14.6. The molecule has 1 unspecified atom stereocenters. The third-order valence-electron chi connectivity index (χ3n) is 3.48. The predicted molar refractivity (Wildman–Crippen MR) is 89.1 cm³/mol. The molecule has 1 aromatic carbocycles. The molecule has 0 amide bonds. The van der Waals surface area contributed by atoms with E-state index >= 15 is 0 Å². The van der Waals surface area contributed by atoms with Gasteiger partial charge >= 0.3 is 0 Å². The standard InChI is InChI=1S/C18H31NO2/c1-13(2)19-18(7,11-20)12-21-16-10-14(3)8-9-15(16)17(4,5)6/h8-10,13,19-20H,11-12H2,1-7H3. The summed E-state index contributed by atoms with van der Waals surface area (Å²) in [5.41, 5.74) is 1.97. The number of hydrogen-bond donors (Lipinski definition) is 2. The van der Waals surface area contributed by atoms with Gasteiger partial charge in [-0.15, -0.1) is 0 Å². The van der Waals surface area contributed by atoms with Crippen molar-refractivity contribution >= 4 is 0 Å². The Morgan fingerprint density at radius 1 is 1.19 bits per heavy atom. The highest BCUT2D eigenvalue weighted by Gasteiger charge is 2.26. The van der Waals surface area contributed by atoms with E-state index in [0.29, 0.717) is 12.6 Å². The van der Waals surface area contributed by atoms with E-state index in [1.54, 1.807) is 0 Å². The molecule has 0 spiro atoms. The molecule has 3 heteroatoms. The third kappa shape index (κ3) is 5.33. The van der Waals surface area contributed by atoms with Gasteiger partial charge in [0.1, 0.15) is 12.4 Å². The maximum absolute atomic E-state index is 9.65. The van der Waals surface area contributed by atoms with Gasteiger partial charge in [-0.3, -0.25) is 0 Å². The molecule has 0 aromatic heterocycles. The van der Waals surface area contributed by atoms with Crippen LogP contribution in [0.3, 0.4) is 0 Å². The number of nitrogens with one attached hydrogen (secondary N) is 1. The molecular weight excluding hydrogens is 262 g/mol. The highest BCUT2D eigenvalue weighted by Crippen LogP contribution is 2.32. The number of ether oxygens (including phenoxy) is 1. The summed E-state index contributed by atoms with van der Waals surface area (Å²) in [6.45, 7) is 15.2. The highest BCUT2D eigenvalue weighted by atomic mass is 16.5. The second-order valence-electron chi connectivity index (χ2n) is 7.56. The molecule has 0 heterocycles. The lowest BCUT2D eigenvalue weighted by molar-refractivity contribution is 0.108. The topological polar surface area (TPSA) is 41.5 Å². The summed E-state index contributed by atoms with van der Waals surface area (Å²) in [5, 5.41) is 13.0. The van der Waals surface area contributed by atoms with Gasteiger partial charge in [0.25, 0.3) is 0 Å². The van der Waals surface area contributed by atoms with Gasteiger partial charge in [0.05, 0.1) is 12.1 Å². The predicted octanol–water partition coefficient (Wildman–Crippen LogP) is 3.42. The lowest BCUT2D eigenvalue weighted by Gasteiger charge is -2.32. The van der Waals surface area contributed by atoms with Gasteiger partial charge in [-0.25, -0.2) is 0 Å². The first-order valence-corrected chi connectivity index (χ1v) is 7.70. The number of hydrogen-bond acceptors (Lipinski definition) is 3. The summed E-state index contributed by atoms with van der Waals surface area (Å²) >= 11 is 0. The SMILES string of the molecule is Cc1ccc(C(C)(C)C)c(OCC(C)(CO)NC(C)C)c1. The summed E-state index contributed by atoms with van der Waals surface area (Å²) in [4.78, 5) is 0.